The fourth-order valence-electron chi connectivity index (χ4n) is 3.45. The molecule has 1 saturated heterocycles. The number of rotatable bonds is 3. The summed E-state index contributed by atoms with van der Waals surface area (Å²) in [6.45, 7) is 1.55. The largest absolute Gasteiger partial charge is 0.586 e. The van der Waals surface area contributed by atoms with Gasteiger partial charge < -0.3 is 20.1 Å². The summed E-state index contributed by atoms with van der Waals surface area (Å²) < 4.78 is 49.7. The van der Waals surface area contributed by atoms with Crippen molar-refractivity contribution in [3.63, 3.8) is 0 Å². The second-order valence-corrected chi connectivity index (χ2v) is 6.57. The Morgan fingerprint density at radius 1 is 1.21 bits per heavy atom. The lowest BCUT2D eigenvalue weighted by Gasteiger charge is -2.19. The summed E-state index contributed by atoms with van der Waals surface area (Å²) in [6, 6.07) is 8.49. The minimum atomic E-state index is -3.81. The number of hydrogen-bond acceptors (Lipinski definition) is 4. The molecule has 146 valence electrons. The molecular formula is C19H15F3N2O4. The minimum absolute atomic E-state index is 0.0600. The third kappa shape index (κ3) is 3.02. The summed E-state index contributed by atoms with van der Waals surface area (Å²) in [5.74, 6) is -4.05. The standard InChI is InChI=1S/C19H15F3N2O4/c1-9-12(20)5-3-6-13(9)24-18(26)15-11(8-23-17(15)25)10-4-2-7-14-16(10)28-19(21,22)27-14/h2-7,11,15H,8H2,1H3,(H,23,25)(H,24,26)/t11-,15-/m1/s1. The maximum Gasteiger partial charge on any atom is 0.586 e. The van der Waals surface area contributed by atoms with Crippen LogP contribution in [0.15, 0.2) is 36.4 Å². The number of hydrogen-bond donors (Lipinski definition) is 2. The number of alkyl halides is 2. The quantitative estimate of drug-likeness (QED) is 0.788. The average molecular weight is 392 g/mol. The molecule has 9 heteroatoms. The highest BCUT2D eigenvalue weighted by atomic mass is 19.3. The molecule has 0 saturated carbocycles. The summed E-state index contributed by atoms with van der Waals surface area (Å²) in [4.78, 5) is 25.1. The summed E-state index contributed by atoms with van der Waals surface area (Å²) in [5, 5.41) is 5.11. The number of fused-ring (bicyclic) bond motifs is 1. The van der Waals surface area contributed by atoms with Crippen molar-refractivity contribution in [3.8, 4) is 11.5 Å². The second-order valence-electron chi connectivity index (χ2n) is 6.57. The third-order valence-corrected chi connectivity index (χ3v) is 4.85. The topological polar surface area (TPSA) is 76.7 Å². The first-order valence-electron chi connectivity index (χ1n) is 8.49. The molecule has 0 aliphatic carbocycles. The molecule has 2 amide bonds. The van der Waals surface area contributed by atoms with Crippen LogP contribution in [0, 0.1) is 18.7 Å². The number of anilines is 1. The molecule has 1 fully saturated rings. The molecule has 2 N–H and O–H groups in total. The number of para-hydroxylation sites is 1. The van der Waals surface area contributed by atoms with Crippen LogP contribution in [0.5, 0.6) is 11.5 Å². The first kappa shape index (κ1) is 18.1. The Morgan fingerprint density at radius 3 is 2.75 bits per heavy atom. The molecule has 28 heavy (non-hydrogen) atoms. The van der Waals surface area contributed by atoms with Crippen LogP contribution in [-0.4, -0.2) is 24.7 Å². The monoisotopic (exact) mass is 392 g/mol. The van der Waals surface area contributed by atoms with E-state index in [-0.39, 0.29) is 34.9 Å². The van der Waals surface area contributed by atoms with E-state index in [1.807, 2.05) is 0 Å². The van der Waals surface area contributed by atoms with Crippen LogP contribution in [-0.2, 0) is 9.59 Å². The van der Waals surface area contributed by atoms with Crippen LogP contribution in [0.25, 0.3) is 0 Å². The Bertz CT molecular complexity index is 980. The maximum atomic E-state index is 13.7. The first-order chi connectivity index (χ1) is 13.3. The number of halogens is 3. The average Bonchev–Trinajstić information content (AvgIpc) is 3.16. The molecule has 2 atom stereocenters. The van der Waals surface area contributed by atoms with Crippen LogP contribution in [0.3, 0.4) is 0 Å². The van der Waals surface area contributed by atoms with Crippen molar-refractivity contribution in [2.75, 3.05) is 11.9 Å². The zero-order chi connectivity index (χ0) is 20.1. The minimum Gasteiger partial charge on any atom is -0.395 e. The van der Waals surface area contributed by atoms with Gasteiger partial charge in [0.05, 0.1) is 0 Å². The van der Waals surface area contributed by atoms with Crippen LogP contribution in [0.1, 0.15) is 17.0 Å². The molecule has 2 aliphatic heterocycles. The van der Waals surface area contributed by atoms with Gasteiger partial charge >= 0.3 is 6.29 Å². The Labute approximate surface area is 157 Å². The molecular weight excluding hydrogens is 377 g/mol. The zero-order valence-corrected chi connectivity index (χ0v) is 14.6. The van der Waals surface area contributed by atoms with Crippen molar-refractivity contribution in [2.45, 2.75) is 19.1 Å². The lowest BCUT2D eigenvalue weighted by molar-refractivity contribution is -0.287. The van der Waals surface area contributed by atoms with E-state index in [1.165, 1.54) is 43.3 Å². The van der Waals surface area contributed by atoms with Gasteiger partial charge in [0.1, 0.15) is 11.7 Å². The number of amides is 2. The summed E-state index contributed by atoms with van der Waals surface area (Å²) in [6.07, 6.45) is -3.81. The van der Waals surface area contributed by atoms with Crippen LogP contribution in [0.4, 0.5) is 18.9 Å². The van der Waals surface area contributed by atoms with E-state index in [2.05, 4.69) is 20.1 Å². The molecule has 4 rings (SSSR count). The van der Waals surface area contributed by atoms with Gasteiger partial charge in [-0.3, -0.25) is 9.59 Å². The van der Waals surface area contributed by atoms with Gasteiger partial charge in [0, 0.05) is 29.3 Å². The third-order valence-electron chi connectivity index (χ3n) is 4.85. The highest BCUT2D eigenvalue weighted by Crippen LogP contribution is 2.47. The van der Waals surface area contributed by atoms with Crippen LogP contribution >= 0.6 is 0 Å². The lowest BCUT2D eigenvalue weighted by atomic mass is 9.87. The fraction of sp³-hybridized carbons (Fsp3) is 0.263. The first-order valence-corrected chi connectivity index (χ1v) is 8.49. The molecule has 0 radical (unpaired) electrons. The van der Waals surface area contributed by atoms with Crippen molar-refractivity contribution >= 4 is 17.5 Å². The highest BCUT2D eigenvalue weighted by Gasteiger charge is 2.48. The van der Waals surface area contributed by atoms with E-state index in [1.54, 1.807) is 0 Å². The van der Waals surface area contributed by atoms with Gasteiger partial charge in [-0.25, -0.2) is 4.39 Å². The van der Waals surface area contributed by atoms with Gasteiger partial charge in [-0.1, -0.05) is 18.2 Å². The second kappa shape index (κ2) is 6.43. The molecule has 2 aliphatic rings. The number of carbonyl (C=O) groups excluding carboxylic acids is 2. The van der Waals surface area contributed by atoms with Crippen molar-refractivity contribution in [1.82, 2.24) is 5.32 Å². The summed E-state index contributed by atoms with van der Waals surface area (Å²) in [7, 11) is 0. The zero-order valence-electron chi connectivity index (χ0n) is 14.6. The number of carbonyl (C=O) groups is 2. The van der Waals surface area contributed by atoms with Crippen molar-refractivity contribution in [2.24, 2.45) is 5.92 Å². The lowest BCUT2D eigenvalue weighted by Crippen LogP contribution is -2.32. The van der Waals surface area contributed by atoms with Gasteiger partial charge in [-0.2, -0.15) is 0 Å². The van der Waals surface area contributed by atoms with Crippen LogP contribution in [0.2, 0.25) is 0 Å². The molecule has 6 nitrogen and oxygen atoms in total. The summed E-state index contributed by atoms with van der Waals surface area (Å²) in [5.41, 5.74) is 0.708. The highest BCUT2D eigenvalue weighted by molar-refractivity contribution is 6.08. The van der Waals surface area contributed by atoms with Crippen molar-refractivity contribution < 1.29 is 32.2 Å². The molecule has 0 aromatic heterocycles. The van der Waals surface area contributed by atoms with Gasteiger partial charge in [0.25, 0.3) is 0 Å². The van der Waals surface area contributed by atoms with E-state index in [4.69, 9.17) is 0 Å². The van der Waals surface area contributed by atoms with E-state index in [9.17, 15) is 22.8 Å². The Morgan fingerprint density at radius 2 is 1.96 bits per heavy atom. The summed E-state index contributed by atoms with van der Waals surface area (Å²) >= 11 is 0. The Kier molecular flexibility index (Phi) is 4.17. The number of ether oxygens (including phenoxy) is 2. The molecule has 0 spiro atoms. The number of nitrogens with one attached hydrogen (secondary N) is 2. The molecule has 0 bridgehead atoms. The predicted molar refractivity (Wildman–Crippen MR) is 91.7 cm³/mol. The Hall–Kier alpha value is -3.23. The van der Waals surface area contributed by atoms with Crippen molar-refractivity contribution in [1.29, 1.82) is 0 Å². The van der Waals surface area contributed by atoms with E-state index in [0.717, 1.165) is 0 Å². The van der Waals surface area contributed by atoms with Gasteiger partial charge in [0.2, 0.25) is 11.8 Å². The van der Waals surface area contributed by atoms with Gasteiger partial charge in [-0.05, 0) is 25.1 Å². The predicted octanol–water partition coefficient (Wildman–Crippen LogP) is 2.92. The van der Waals surface area contributed by atoms with E-state index in [0.29, 0.717) is 0 Å². The Balaban J connectivity index is 1.65. The molecule has 2 aromatic rings. The fourth-order valence-corrected chi connectivity index (χ4v) is 3.45. The molecule has 2 heterocycles. The van der Waals surface area contributed by atoms with Crippen molar-refractivity contribution in [3.05, 3.63) is 53.3 Å². The maximum absolute atomic E-state index is 13.7. The molecule has 2 aromatic carbocycles. The van der Waals surface area contributed by atoms with E-state index >= 15 is 0 Å². The SMILES string of the molecule is Cc1c(F)cccc1NC(=O)[C@H]1C(=O)NC[C@@H]1c1cccc2c1OC(F)(F)O2. The number of benzene rings is 2. The normalized spacial score (nSPS) is 22.1. The van der Waals surface area contributed by atoms with Crippen LogP contribution < -0.4 is 20.1 Å². The van der Waals surface area contributed by atoms with Gasteiger partial charge in [-0.15, -0.1) is 8.78 Å². The van der Waals surface area contributed by atoms with Gasteiger partial charge in [0.15, 0.2) is 11.5 Å². The smallest absolute Gasteiger partial charge is 0.395 e. The van der Waals surface area contributed by atoms with E-state index < -0.39 is 35.8 Å². The molecule has 0 unspecified atom stereocenters.